The molecule has 0 amide bonds. The largest absolute Gasteiger partial charge is 0.472 e. The first-order chi connectivity index (χ1) is 28.0. The molecule has 0 rings (SSSR count). The van der Waals surface area contributed by atoms with Crippen molar-refractivity contribution in [2.24, 2.45) is 0 Å². The van der Waals surface area contributed by atoms with Crippen LogP contribution in [0.15, 0.2) is 0 Å². The van der Waals surface area contributed by atoms with Crippen molar-refractivity contribution in [3.05, 3.63) is 0 Å². The summed E-state index contributed by atoms with van der Waals surface area (Å²) in [5.41, 5.74) is 0. The van der Waals surface area contributed by atoms with Gasteiger partial charge >= 0.3 is 19.8 Å². The fourth-order valence-electron chi connectivity index (χ4n) is 6.58. The summed E-state index contributed by atoms with van der Waals surface area (Å²) < 4.78 is 34.4. The van der Waals surface area contributed by atoms with Crippen molar-refractivity contribution in [3.8, 4) is 0 Å². The lowest BCUT2D eigenvalue weighted by Gasteiger charge is -2.24. The molecule has 0 aromatic carbocycles. The predicted molar refractivity (Wildman–Crippen MR) is 250 cm³/mol. The second-order valence-corrected chi connectivity index (χ2v) is 21.2. The lowest BCUT2D eigenvalue weighted by atomic mass is 10.0. The Bertz CT molecular complexity index is 970. The summed E-state index contributed by atoms with van der Waals surface area (Å²) in [6.45, 7) is 4.44. The molecule has 0 aliphatic carbocycles. The summed E-state index contributed by atoms with van der Waals surface area (Å²) in [5, 5.41) is 0. The van der Waals surface area contributed by atoms with Crippen molar-refractivity contribution >= 4 is 43.3 Å². The number of phosphoric ester groups is 1. The number of hydrogen-bond acceptors (Lipinski definition) is 9. The van der Waals surface area contributed by atoms with Gasteiger partial charge in [-0.05, 0) is 24.3 Å². The second kappa shape index (κ2) is 42.0. The van der Waals surface area contributed by atoms with E-state index in [0.29, 0.717) is 22.5 Å². The molecule has 2 unspecified atom stereocenters. The van der Waals surface area contributed by atoms with Crippen LogP contribution >= 0.6 is 31.3 Å². The molecule has 0 radical (unpaired) electrons. The number of phosphoric acid groups is 1. The SMILES string of the molecule is CCCCCCCCCCCCCCCCSCCC(=O)OCC(COP(=O)(O)OCC[N+](C)(C)C)OC(=O)CCSCCCCCCCCCCCCCCCC. The van der Waals surface area contributed by atoms with Crippen LogP contribution in [0.2, 0.25) is 0 Å². The Morgan fingerprint density at radius 3 is 1.26 bits per heavy atom. The van der Waals surface area contributed by atoms with Crippen molar-refractivity contribution < 1.29 is 42.1 Å². The highest BCUT2D eigenvalue weighted by atomic mass is 32.2. The van der Waals surface area contributed by atoms with E-state index in [1.54, 1.807) is 23.5 Å². The van der Waals surface area contributed by atoms with Crippen molar-refractivity contribution in [1.29, 1.82) is 0 Å². The standard InChI is InChI=1S/C46H92NO8PS2/c1-6-8-10-12-14-16-18-20-22-24-26-28-30-32-38-57-40-34-45(48)52-42-44(43-54-56(50,51)53-37-36-47(3,4)5)55-46(49)35-41-58-39-33-31-29-27-25-23-21-19-17-15-13-11-9-7-2/h44H,6-43H2,1-5H3/p+1. The third-order valence-corrected chi connectivity index (χ3v) is 13.5. The van der Waals surface area contributed by atoms with E-state index in [9.17, 15) is 19.0 Å². The van der Waals surface area contributed by atoms with Crippen LogP contribution in [0.3, 0.4) is 0 Å². The van der Waals surface area contributed by atoms with E-state index in [4.69, 9.17) is 18.5 Å². The Morgan fingerprint density at radius 1 is 0.517 bits per heavy atom. The maximum Gasteiger partial charge on any atom is 0.472 e. The van der Waals surface area contributed by atoms with E-state index in [2.05, 4.69) is 13.8 Å². The van der Waals surface area contributed by atoms with Gasteiger partial charge in [0.25, 0.3) is 0 Å². The molecule has 12 heteroatoms. The number of rotatable bonds is 46. The number of likely N-dealkylation sites (N-methyl/N-ethyl adjacent to an activating group) is 1. The lowest BCUT2D eigenvalue weighted by Crippen LogP contribution is -2.37. The van der Waals surface area contributed by atoms with Gasteiger partial charge in [0, 0.05) is 11.5 Å². The van der Waals surface area contributed by atoms with Gasteiger partial charge in [0.1, 0.15) is 19.8 Å². The number of carbonyl (C=O) groups is 2. The number of ether oxygens (including phenoxy) is 2. The molecule has 0 saturated carbocycles. The molecule has 0 spiro atoms. The van der Waals surface area contributed by atoms with Crippen molar-refractivity contribution in [2.45, 2.75) is 213 Å². The van der Waals surface area contributed by atoms with E-state index in [-0.39, 0.29) is 32.0 Å². The van der Waals surface area contributed by atoms with Crippen LogP contribution in [0, 0.1) is 0 Å². The molecule has 346 valence electrons. The molecule has 0 fully saturated rings. The predicted octanol–water partition coefficient (Wildman–Crippen LogP) is 13.5. The minimum absolute atomic E-state index is 0.0320. The third-order valence-electron chi connectivity index (χ3n) is 10.4. The molecular weight excluding hydrogens is 790 g/mol. The van der Waals surface area contributed by atoms with Gasteiger partial charge in [-0.15, -0.1) is 0 Å². The fourth-order valence-corrected chi connectivity index (χ4v) is 9.16. The van der Waals surface area contributed by atoms with E-state index in [1.165, 1.54) is 167 Å². The number of unbranched alkanes of at least 4 members (excludes halogenated alkanes) is 26. The van der Waals surface area contributed by atoms with Crippen LogP contribution in [-0.4, -0.2) is 97.9 Å². The molecule has 0 aliphatic rings. The summed E-state index contributed by atoms with van der Waals surface area (Å²) in [7, 11) is 1.48. The zero-order valence-electron chi connectivity index (χ0n) is 38.5. The summed E-state index contributed by atoms with van der Waals surface area (Å²) in [4.78, 5) is 35.4. The number of quaternary nitrogens is 1. The van der Waals surface area contributed by atoms with Gasteiger partial charge in [0.2, 0.25) is 0 Å². The molecule has 9 nitrogen and oxygen atoms in total. The van der Waals surface area contributed by atoms with Crippen LogP contribution in [0.25, 0.3) is 0 Å². The van der Waals surface area contributed by atoms with Gasteiger partial charge in [-0.25, -0.2) is 4.57 Å². The third kappa shape index (κ3) is 45.2. The molecular formula is C46H93NO8PS2+. The zero-order valence-corrected chi connectivity index (χ0v) is 41.0. The Morgan fingerprint density at radius 2 is 0.879 bits per heavy atom. The van der Waals surface area contributed by atoms with E-state index in [1.807, 2.05) is 21.1 Å². The van der Waals surface area contributed by atoms with Gasteiger partial charge in [-0.2, -0.15) is 23.5 Å². The van der Waals surface area contributed by atoms with Gasteiger partial charge < -0.3 is 18.9 Å². The molecule has 0 bridgehead atoms. The maximum absolute atomic E-state index is 12.7. The van der Waals surface area contributed by atoms with Gasteiger partial charge in [-0.3, -0.25) is 18.6 Å². The van der Waals surface area contributed by atoms with Gasteiger partial charge in [0.05, 0.1) is 40.6 Å². The Kier molecular flexibility index (Phi) is 41.8. The van der Waals surface area contributed by atoms with E-state index in [0.717, 1.165) is 24.3 Å². The smallest absolute Gasteiger partial charge is 0.462 e. The van der Waals surface area contributed by atoms with Crippen LogP contribution in [-0.2, 0) is 32.7 Å². The Balaban J connectivity index is 4.23. The fraction of sp³-hybridized carbons (Fsp3) is 0.957. The number of hydrogen-bond donors (Lipinski definition) is 1. The first-order valence-corrected chi connectivity index (χ1v) is 27.7. The van der Waals surface area contributed by atoms with Gasteiger partial charge in [-0.1, -0.05) is 181 Å². The minimum atomic E-state index is -4.38. The molecule has 0 saturated heterocycles. The average molecular weight is 883 g/mol. The number of esters is 2. The highest BCUT2D eigenvalue weighted by Crippen LogP contribution is 2.43. The van der Waals surface area contributed by atoms with Crippen LogP contribution < -0.4 is 0 Å². The van der Waals surface area contributed by atoms with Crippen molar-refractivity contribution in [2.75, 3.05) is 70.5 Å². The van der Waals surface area contributed by atoms with Crippen molar-refractivity contribution in [3.63, 3.8) is 0 Å². The average Bonchev–Trinajstić information content (AvgIpc) is 3.17. The summed E-state index contributed by atoms with van der Waals surface area (Å²) in [5.74, 6) is 2.50. The first kappa shape index (κ1) is 57.7. The van der Waals surface area contributed by atoms with Crippen LogP contribution in [0.4, 0.5) is 0 Å². The Labute approximate surface area is 366 Å². The maximum atomic E-state index is 12.7. The highest BCUT2D eigenvalue weighted by Gasteiger charge is 2.27. The van der Waals surface area contributed by atoms with Crippen LogP contribution in [0.1, 0.15) is 206 Å². The quantitative estimate of drug-likeness (QED) is 0.0275. The highest BCUT2D eigenvalue weighted by molar-refractivity contribution is 7.99. The molecule has 0 aromatic heterocycles. The number of nitrogens with zero attached hydrogens (tertiary/aromatic N) is 1. The molecule has 2 atom stereocenters. The van der Waals surface area contributed by atoms with E-state index >= 15 is 0 Å². The normalized spacial score (nSPS) is 13.4. The number of thioether (sulfide) groups is 2. The first-order valence-electron chi connectivity index (χ1n) is 23.9. The van der Waals surface area contributed by atoms with E-state index < -0.39 is 26.5 Å². The molecule has 1 N–H and O–H groups in total. The number of carbonyl (C=O) groups excluding carboxylic acids is 2. The Hall–Kier alpha value is -0.290. The van der Waals surface area contributed by atoms with Crippen LogP contribution in [0.5, 0.6) is 0 Å². The van der Waals surface area contributed by atoms with Crippen molar-refractivity contribution in [1.82, 2.24) is 0 Å². The summed E-state index contributed by atoms with van der Waals surface area (Å²) in [6.07, 6.45) is 36.9. The molecule has 0 aromatic rings. The monoisotopic (exact) mass is 883 g/mol. The molecule has 58 heavy (non-hydrogen) atoms. The molecule has 0 heterocycles. The summed E-state index contributed by atoms with van der Waals surface area (Å²) in [6, 6.07) is 0. The summed E-state index contributed by atoms with van der Waals surface area (Å²) >= 11 is 3.50. The topological polar surface area (TPSA) is 108 Å². The second-order valence-electron chi connectivity index (χ2n) is 17.3. The van der Waals surface area contributed by atoms with Gasteiger partial charge in [0.15, 0.2) is 6.10 Å². The zero-order chi connectivity index (χ0) is 42.8. The minimum Gasteiger partial charge on any atom is -0.462 e. The lowest BCUT2D eigenvalue weighted by molar-refractivity contribution is -0.870. The molecule has 0 aliphatic heterocycles.